The largest absolute Gasteiger partial charge is 0.339 e. The molecule has 1 aromatic carbocycles. The molecule has 3 nitrogen and oxygen atoms in total. The number of nitrogens with zero attached hydrogens (tertiary/aromatic N) is 1. The first-order valence-electron chi connectivity index (χ1n) is 7.40. The zero-order valence-electron chi connectivity index (χ0n) is 11.3. The minimum absolute atomic E-state index is 0.182. The maximum atomic E-state index is 12.3. The molecule has 1 saturated heterocycles. The Morgan fingerprint density at radius 3 is 2.42 bits per heavy atom. The number of piperidine rings is 1. The predicted octanol–water partition coefficient (Wildman–Crippen LogP) is 2.29. The second-order valence-corrected chi connectivity index (χ2v) is 5.78. The number of hydrogen-bond donors (Lipinski definition) is 1. The highest BCUT2D eigenvalue weighted by Gasteiger charge is 2.26. The Balaban J connectivity index is 1.47. The lowest BCUT2D eigenvalue weighted by Crippen LogP contribution is -2.45. The summed E-state index contributed by atoms with van der Waals surface area (Å²) in [7, 11) is 0. The number of carbonyl (C=O) groups is 1. The molecule has 0 unspecified atom stereocenters. The second-order valence-electron chi connectivity index (χ2n) is 5.78. The van der Waals surface area contributed by atoms with E-state index < -0.39 is 0 Å². The highest BCUT2D eigenvalue weighted by molar-refractivity contribution is 5.94. The molecule has 1 aromatic rings. The Kier molecular flexibility index (Phi) is 3.83. The van der Waals surface area contributed by atoms with Crippen molar-refractivity contribution in [2.75, 3.05) is 19.6 Å². The SMILES string of the molecule is O=C(c1ccccc1)N1CCC(NCC2CC2)CC1. The summed E-state index contributed by atoms with van der Waals surface area (Å²) in [6.45, 7) is 2.95. The van der Waals surface area contributed by atoms with Crippen LogP contribution in [0.2, 0.25) is 0 Å². The molecule has 1 aliphatic heterocycles. The van der Waals surface area contributed by atoms with Crippen molar-refractivity contribution in [3.63, 3.8) is 0 Å². The molecule has 1 N–H and O–H groups in total. The maximum absolute atomic E-state index is 12.3. The molecular weight excluding hydrogens is 236 g/mol. The van der Waals surface area contributed by atoms with Gasteiger partial charge in [-0.1, -0.05) is 18.2 Å². The summed E-state index contributed by atoms with van der Waals surface area (Å²) in [6, 6.07) is 10.2. The molecule has 1 aliphatic carbocycles. The number of nitrogens with one attached hydrogen (secondary N) is 1. The first-order valence-corrected chi connectivity index (χ1v) is 7.40. The van der Waals surface area contributed by atoms with Crippen molar-refractivity contribution in [1.82, 2.24) is 10.2 Å². The van der Waals surface area contributed by atoms with E-state index in [-0.39, 0.29) is 5.91 Å². The van der Waals surface area contributed by atoms with Crippen LogP contribution in [0.3, 0.4) is 0 Å². The van der Waals surface area contributed by atoms with Crippen LogP contribution in [0, 0.1) is 5.92 Å². The first kappa shape index (κ1) is 12.7. The van der Waals surface area contributed by atoms with Gasteiger partial charge in [-0.25, -0.2) is 0 Å². The van der Waals surface area contributed by atoms with Crippen molar-refractivity contribution in [3.8, 4) is 0 Å². The second kappa shape index (κ2) is 5.74. The minimum atomic E-state index is 0.182. The minimum Gasteiger partial charge on any atom is -0.339 e. The van der Waals surface area contributed by atoms with Gasteiger partial charge >= 0.3 is 0 Å². The molecule has 0 aromatic heterocycles. The molecule has 102 valence electrons. The Labute approximate surface area is 115 Å². The van der Waals surface area contributed by atoms with Crippen LogP contribution in [0.15, 0.2) is 30.3 Å². The van der Waals surface area contributed by atoms with Crippen LogP contribution < -0.4 is 5.32 Å². The van der Waals surface area contributed by atoms with E-state index in [4.69, 9.17) is 0 Å². The number of benzene rings is 1. The van der Waals surface area contributed by atoms with Crippen molar-refractivity contribution >= 4 is 5.91 Å². The molecule has 0 bridgehead atoms. The van der Waals surface area contributed by atoms with E-state index in [2.05, 4.69) is 5.32 Å². The molecule has 2 fully saturated rings. The molecule has 0 atom stereocenters. The van der Waals surface area contributed by atoms with E-state index in [1.54, 1.807) is 0 Å². The Morgan fingerprint density at radius 2 is 1.79 bits per heavy atom. The van der Waals surface area contributed by atoms with E-state index in [1.165, 1.54) is 19.4 Å². The molecular formula is C16H22N2O. The van der Waals surface area contributed by atoms with Crippen molar-refractivity contribution in [3.05, 3.63) is 35.9 Å². The lowest BCUT2D eigenvalue weighted by atomic mass is 10.0. The van der Waals surface area contributed by atoms with Gasteiger partial charge in [0.1, 0.15) is 0 Å². The van der Waals surface area contributed by atoms with Crippen molar-refractivity contribution in [2.24, 2.45) is 5.92 Å². The highest BCUT2D eigenvalue weighted by atomic mass is 16.2. The van der Waals surface area contributed by atoms with Crippen molar-refractivity contribution in [1.29, 1.82) is 0 Å². The van der Waals surface area contributed by atoms with Gasteiger partial charge in [0.05, 0.1) is 0 Å². The Hall–Kier alpha value is -1.35. The van der Waals surface area contributed by atoms with Gasteiger partial charge in [0, 0.05) is 24.7 Å². The zero-order valence-corrected chi connectivity index (χ0v) is 11.3. The number of carbonyl (C=O) groups excluding carboxylic acids is 1. The topological polar surface area (TPSA) is 32.3 Å². The highest BCUT2D eigenvalue weighted by Crippen LogP contribution is 2.28. The number of amides is 1. The quantitative estimate of drug-likeness (QED) is 0.898. The van der Waals surface area contributed by atoms with E-state index in [0.29, 0.717) is 6.04 Å². The van der Waals surface area contributed by atoms with Gasteiger partial charge in [-0.15, -0.1) is 0 Å². The van der Waals surface area contributed by atoms with Gasteiger partial charge in [0.25, 0.3) is 5.91 Å². The van der Waals surface area contributed by atoms with Crippen LogP contribution in [0.25, 0.3) is 0 Å². The lowest BCUT2D eigenvalue weighted by molar-refractivity contribution is 0.0705. The third kappa shape index (κ3) is 3.35. The van der Waals surface area contributed by atoms with Gasteiger partial charge in [-0.05, 0) is 50.3 Å². The summed E-state index contributed by atoms with van der Waals surface area (Å²) in [5.74, 6) is 1.12. The fourth-order valence-electron chi connectivity index (χ4n) is 2.71. The van der Waals surface area contributed by atoms with Crippen LogP contribution in [0.4, 0.5) is 0 Å². The molecule has 0 spiro atoms. The summed E-state index contributed by atoms with van der Waals surface area (Å²) in [5.41, 5.74) is 0.812. The predicted molar refractivity (Wildman–Crippen MR) is 76.1 cm³/mol. The standard InChI is InChI=1S/C16H22N2O/c19-16(14-4-2-1-3-5-14)18-10-8-15(9-11-18)17-12-13-6-7-13/h1-5,13,15,17H,6-12H2. The fraction of sp³-hybridized carbons (Fsp3) is 0.562. The molecule has 1 saturated carbocycles. The average molecular weight is 258 g/mol. The molecule has 1 amide bonds. The normalized spacial score (nSPS) is 20.5. The first-order chi connectivity index (χ1) is 9.33. The summed E-state index contributed by atoms with van der Waals surface area (Å²) in [4.78, 5) is 14.3. The van der Waals surface area contributed by atoms with Crippen molar-refractivity contribution < 1.29 is 4.79 Å². The van der Waals surface area contributed by atoms with Crippen LogP contribution in [-0.2, 0) is 0 Å². The number of likely N-dealkylation sites (tertiary alicyclic amines) is 1. The fourth-order valence-corrected chi connectivity index (χ4v) is 2.71. The molecule has 3 rings (SSSR count). The summed E-state index contributed by atoms with van der Waals surface area (Å²) < 4.78 is 0. The molecule has 2 aliphatic rings. The smallest absolute Gasteiger partial charge is 0.253 e. The Bertz CT molecular complexity index is 420. The maximum Gasteiger partial charge on any atom is 0.253 e. The monoisotopic (exact) mass is 258 g/mol. The summed E-state index contributed by atoms with van der Waals surface area (Å²) in [6.07, 6.45) is 4.98. The Morgan fingerprint density at radius 1 is 1.11 bits per heavy atom. The van der Waals surface area contributed by atoms with Crippen LogP contribution >= 0.6 is 0 Å². The van der Waals surface area contributed by atoms with Crippen LogP contribution in [-0.4, -0.2) is 36.5 Å². The van der Waals surface area contributed by atoms with Gasteiger partial charge < -0.3 is 10.2 Å². The van der Waals surface area contributed by atoms with E-state index >= 15 is 0 Å². The molecule has 0 radical (unpaired) electrons. The van der Waals surface area contributed by atoms with Gasteiger partial charge in [-0.2, -0.15) is 0 Å². The van der Waals surface area contributed by atoms with E-state index in [9.17, 15) is 4.79 Å². The lowest BCUT2D eigenvalue weighted by Gasteiger charge is -2.32. The van der Waals surface area contributed by atoms with Gasteiger partial charge in [-0.3, -0.25) is 4.79 Å². The number of rotatable bonds is 4. The number of hydrogen-bond acceptors (Lipinski definition) is 2. The molecule has 3 heteroatoms. The molecule has 19 heavy (non-hydrogen) atoms. The van der Waals surface area contributed by atoms with Gasteiger partial charge in [0.15, 0.2) is 0 Å². The third-order valence-corrected chi connectivity index (χ3v) is 4.20. The third-order valence-electron chi connectivity index (χ3n) is 4.20. The average Bonchev–Trinajstić information content (AvgIpc) is 3.30. The van der Waals surface area contributed by atoms with E-state index in [1.807, 2.05) is 35.2 Å². The van der Waals surface area contributed by atoms with E-state index in [0.717, 1.165) is 37.4 Å². The van der Waals surface area contributed by atoms with Crippen LogP contribution in [0.1, 0.15) is 36.0 Å². The van der Waals surface area contributed by atoms with Gasteiger partial charge in [0.2, 0.25) is 0 Å². The molecule has 1 heterocycles. The zero-order chi connectivity index (χ0) is 13.1. The van der Waals surface area contributed by atoms with Crippen LogP contribution in [0.5, 0.6) is 0 Å². The van der Waals surface area contributed by atoms with Crippen molar-refractivity contribution in [2.45, 2.75) is 31.7 Å². The summed E-state index contributed by atoms with van der Waals surface area (Å²) >= 11 is 0. The summed E-state index contributed by atoms with van der Waals surface area (Å²) in [5, 5.41) is 3.64.